The minimum Gasteiger partial charge on any atom is -0.506 e. The molecule has 1 amide bonds. The van der Waals surface area contributed by atoms with Crippen LogP contribution in [-0.4, -0.2) is 20.8 Å². The van der Waals surface area contributed by atoms with Crippen LogP contribution in [0.3, 0.4) is 0 Å². The highest BCUT2D eigenvalue weighted by Crippen LogP contribution is 2.26. The molecule has 0 radical (unpaired) electrons. The Labute approximate surface area is 103 Å². The topological polar surface area (TPSA) is 67.2 Å². The van der Waals surface area contributed by atoms with Gasteiger partial charge in [-0.3, -0.25) is 9.48 Å². The van der Waals surface area contributed by atoms with Crippen molar-refractivity contribution >= 4 is 23.2 Å². The van der Waals surface area contributed by atoms with Gasteiger partial charge in [0.15, 0.2) is 0 Å². The second kappa shape index (κ2) is 4.47. The molecule has 0 saturated heterocycles. The zero-order chi connectivity index (χ0) is 12.4. The van der Waals surface area contributed by atoms with E-state index in [9.17, 15) is 9.90 Å². The fraction of sp³-hybridized carbons (Fsp3) is 0.0909. The van der Waals surface area contributed by atoms with E-state index in [4.69, 9.17) is 11.6 Å². The van der Waals surface area contributed by atoms with Crippen LogP contribution in [0.2, 0.25) is 5.02 Å². The van der Waals surface area contributed by atoms with Crippen LogP contribution in [0.4, 0.5) is 5.69 Å². The molecule has 6 heteroatoms. The van der Waals surface area contributed by atoms with Gasteiger partial charge in [0.1, 0.15) is 5.75 Å². The zero-order valence-corrected chi connectivity index (χ0v) is 9.77. The quantitative estimate of drug-likeness (QED) is 0.803. The maximum Gasteiger partial charge on any atom is 0.258 e. The van der Waals surface area contributed by atoms with E-state index < -0.39 is 0 Å². The van der Waals surface area contributed by atoms with Crippen molar-refractivity contribution in [2.75, 3.05) is 5.32 Å². The number of nitrogens with zero attached hydrogens (tertiary/aromatic N) is 2. The Balaban J connectivity index is 2.15. The van der Waals surface area contributed by atoms with Crippen molar-refractivity contribution in [2.45, 2.75) is 0 Å². The van der Waals surface area contributed by atoms with Crippen molar-refractivity contribution in [3.63, 3.8) is 0 Å². The molecule has 0 bridgehead atoms. The summed E-state index contributed by atoms with van der Waals surface area (Å²) in [5, 5.41) is 16.0. The molecular formula is C11H10ClN3O2. The fourth-order valence-electron chi connectivity index (χ4n) is 1.33. The van der Waals surface area contributed by atoms with Crippen LogP contribution in [0.5, 0.6) is 5.75 Å². The second-order valence-corrected chi connectivity index (χ2v) is 3.93. The number of nitrogens with one attached hydrogen (secondary N) is 1. The van der Waals surface area contributed by atoms with Crippen molar-refractivity contribution in [2.24, 2.45) is 7.05 Å². The average molecular weight is 252 g/mol. The number of hydrogen-bond donors (Lipinski definition) is 2. The smallest absolute Gasteiger partial charge is 0.258 e. The van der Waals surface area contributed by atoms with Crippen molar-refractivity contribution in [3.8, 4) is 5.75 Å². The zero-order valence-electron chi connectivity index (χ0n) is 9.01. The number of aromatic nitrogens is 2. The molecule has 0 unspecified atom stereocenters. The van der Waals surface area contributed by atoms with Gasteiger partial charge in [-0.05, 0) is 18.2 Å². The molecule has 1 heterocycles. The number of hydrogen-bond acceptors (Lipinski definition) is 3. The average Bonchev–Trinajstić information content (AvgIpc) is 2.70. The first-order valence-corrected chi connectivity index (χ1v) is 5.22. The number of anilines is 1. The van der Waals surface area contributed by atoms with Crippen molar-refractivity contribution in [3.05, 3.63) is 41.2 Å². The summed E-state index contributed by atoms with van der Waals surface area (Å²) in [6, 6.07) is 4.46. The highest BCUT2D eigenvalue weighted by atomic mass is 35.5. The molecule has 2 N–H and O–H groups in total. The van der Waals surface area contributed by atoms with Gasteiger partial charge in [-0.15, -0.1) is 0 Å². The number of amides is 1. The molecule has 5 nitrogen and oxygen atoms in total. The number of carbonyl (C=O) groups is 1. The molecule has 0 aliphatic rings. The molecule has 0 aliphatic heterocycles. The van der Waals surface area contributed by atoms with Crippen LogP contribution < -0.4 is 5.32 Å². The third-order valence-corrected chi connectivity index (χ3v) is 2.48. The first-order chi connectivity index (χ1) is 8.06. The standard InChI is InChI=1S/C11H10ClN3O2/c1-15-6-7(5-13-15)11(17)14-8-2-3-10(16)9(12)4-8/h2-6,16H,1H3,(H,14,17). The van der Waals surface area contributed by atoms with Crippen LogP contribution >= 0.6 is 11.6 Å². The minimum atomic E-state index is -0.278. The van der Waals surface area contributed by atoms with Crippen LogP contribution in [0.15, 0.2) is 30.6 Å². The number of aromatic hydroxyl groups is 1. The van der Waals surface area contributed by atoms with Gasteiger partial charge in [-0.25, -0.2) is 0 Å². The number of phenolic OH excluding ortho intramolecular Hbond substituents is 1. The molecule has 2 aromatic rings. The van der Waals surface area contributed by atoms with Gasteiger partial charge < -0.3 is 10.4 Å². The predicted octanol–water partition coefficient (Wildman–Crippen LogP) is 2.03. The molecule has 1 aromatic carbocycles. The van der Waals surface area contributed by atoms with E-state index in [1.165, 1.54) is 18.3 Å². The van der Waals surface area contributed by atoms with Gasteiger partial charge in [0.05, 0.1) is 16.8 Å². The second-order valence-electron chi connectivity index (χ2n) is 3.52. The van der Waals surface area contributed by atoms with Crippen LogP contribution in [0, 0.1) is 0 Å². The van der Waals surface area contributed by atoms with Gasteiger partial charge in [0.2, 0.25) is 0 Å². The number of rotatable bonds is 2. The Hall–Kier alpha value is -2.01. The van der Waals surface area contributed by atoms with E-state index in [0.717, 1.165) is 0 Å². The lowest BCUT2D eigenvalue weighted by atomic mass is 10.2. The first-order valence-electron chi connectivity index (χ1n) is 4.85. The maximum absolute atomic E-state index is 11.8. The van der Waals surface area contributed by atoms with Gasteiger partial charge in [0, 0.05) is 18.9 Å². The number of carbonyl (C=O) groups excluding carboxylic acids is 1. The number of benzene rings is 1. The van der Waals surface area contributed by atoms with E-state index in [1.54, 1.807) is 24.0 Å². The van der Waals surface area contributed by atoms with Crippen molar-refractivity contribution < 1.29 is 9.90 Å². The van der Waals surface area contributed by atoms with Crippen LogP contribution in [-0.2, 0) is 7.05 Å². The Bertz CT molecular complexity index is 566. The van der Waals surface area contributed by atoms with Crippen LogP contribution in [0.1, 0.15) is 10.4 Å². The number of halogens is 1. The van der Waals surface area contributed by atoms with E-state index in [0.29, 0.717) is 11.3 Å². The molecule has 88 valence electrons. The highest BCUT2D eigenvalue weighted by molar-refractivity contribution is 6.32. The van der Waals surface area contributed by atoms with E-state index in [1.807, 2.05) is 0 Å². The lowest BCUT2D eigenvalue weighted by molar-refractivity contribution is 0.102. The first kappa shape index (κ1) is 11.5. The van der Waals surface area contributed by atoms with Gasteiger partial charge in [-0.2, -0.15) is 5.10 Å². The lowest BCUT2D eigenvalue weighted by Gasteiger charge is -2.04. The summed E-state index contributed by atoms with van der Waals surface area (Å²) in [5.41, 5.74) is 0.971. The summed E-state index contributed by atoms with van der Waals surface area (Å²) >= 11 is 5.73. The summed E-state index contributed by atoms with van der Waals surface area (Å²) in [7, 11) is 1.73. The number of phenols is 1. The summed E-state index contributed by atoms with van der Waals surface area (Å²) in [5.74, 6) is -0.300. The van der Waals surface area contributed by atoms with Crippen LogP contribution in [0.25, 0.3) is 0 Å². The third-order valence-electron chi connectivity index (χ3n) is 2.17. The van der Waals surface area contributed by atoms with Gasteiger partial charge >= 0.3 is 0 Å². The largest absolute Gasteiger partial charge is 0.506 e. The summed E-state index contributed by atoms with van der Waals surface area (Å²) in [6.07, 6.45) is 3.08. The molecule has 0 fully saturated rings. The third kappa shape index (κ3) is 2.57. The summed E-state index contributed by atoms with van der Waals surface area (Å²) < 4.78 is 1.54. The molecule has 0 atom stereocenters. The van der Waals surface area contributed by atoms with E-state index >= 15 is 0 Å². The number of aryl methyl sites for hydroxylation is 1. The van der Waals surface area contributed by atoms with Gasteiger partial charge in [0.25, 0.3) is 5.91 Å². The Morgan fingerprint density at radius 1 is 1.53 bits per heavy atom. The highest BCUT2D eigenvalue weighted by Gasteiger charge is 2.09. The minimum absolute atomic E-state index is 0.0222. The summed E-state index contributed by atoms with van der Waals surface area (Å²) in [4.78, 5) is 11.8. The molecule has 2 rings (SSSR count). The Kier molecular flexibility index (Phi) is 3.01. The predicted molar refractivity (Wildman–Crippen MR) is 64.3 cm³/mol. The fourth-order valence-corrected chi connectivity index (χ4v) is 1.51. The molecule has 0 aliphatic carbocycles. The SMILES string of the molecule is Cn1cc(C(=O)Nc2ccc(O)c(Cl)c2)cn1. The molecule has 1 aromatic heterocycles. The molecule has 0 saturated carbocycles. The Morgan fingerprint density at radius 2 is 2.29 bits per heavy atom. The monoisotopic (exact) mass is 251 g/mol. The normalized spacial score (nSPS) is 10.2. The van der Waals surface area contributed by atoms with Crippen molar-refractivity contribution in [1.29, 1.82) is 0 Å². The lowest BCUT2D eigenvalue weighted by Crippen LogP contribution is -2.10. The molecule has 0 spiro atoms. The van der Waals surface area contributed by atoms with E-state index in [2.05, 4.69) is 10.4 Å². The van der Waals surface area contributed by atoms with Gasteiger partial charge in [-0.1, -0.05) is 11.6 Å². The van der Waals surface area contributed by atoms with E-state index in [-0.39, 0.29) is 16.7 Å². The van der Waals surface area contributed by atoms with Crippen molar-refractivity contribution in [1.82, 2.24) is 9.78 Å². The Morgan fingerprint density at radius 3 is 2.88 bits per heavy atom. The summed E-state index contributed by atoms with van der Waals surface area (Å²) in [6.45, 7) is 0. The molecule has 17 heavy (non-hydrogen) atoms. The maximum atomic E-state index is 11.8. The molecular weight excluding hydrogens is 242 g/mol.